The van der Waals surface area contributed by atoms with Gasteiger partial charge in [-0.3, -0.25) is 9.69 Å². The highest BCUT2D eigenvalue weighted by Gasteiger charge is 2.42. The maximum absolute atomic E-state index is 11.3. The Balaban J connectivity index is 0.000000150. The minimum Gasteiger partial charge on any atom is -0.355 e. The molecule has 1 N–H and O–H groups in total. The number of fused-ring (bicyclic) bond motifs is 3. The standard InChI is InChI=1S/C11H20N2O.C10H19N/c1-9(2)13-5-3-4-11(8-13)6-10(14)12-7-11;1-8(2)11-7-9-3-5-10(11)6-4-9/h9H,3-8H2,1-2H3,(H,12,14);8-10H,3-7H2,1-2H3/t11-;/m1./s1. The first-order valence-electron chi connectivity index (χ1n) is 10.6. The van der Waals surface area contributed by atoms with Crippen molar-refractivity contribution in [1.82, 2.24) is 15.1 Å². The van der Waals surface area contributed by atoms with E-state index in [-0.39, 0.29) is 11.3 Å². The van der Waals surface area contributed by atoms with Gasteiger partial charge in [-0.25, -0.2) is 0 Å². The number of hydrogen-bond donors (Lipinski definition) is 1. The summed E-state index contributed by atoms with van der Waals surface area (Å²) in [6, 6.07) is 2.34. The van der Waals surface area contributed by atoms with Gasteiger partial charge in [0.15, 0.2) is 0 Å². The number of rotatable bonds is 2. The minimum atomic E-state index is 0.246. The highest BCUT2D eigenvalue weighted by molar-refractivity contribution is 5.79. The molecule has 5 aliphatic rings. The Morgan fingerprint density at radius 2 is 1.80 bits per heavy atom. The maximum atomic E-state index is 11.3. The van der Waals surface area contributed by atoms with Crippen LogP contribution in [0.4, 0.5) is 0 Å². The van der Waals surface area contributed by atoms with Crippen LogP contribution in [0.1, 0.15) is 72.6 Å². The van der Waals surface area contributed by atoms with Gasteiger partial charge >= 0.3 is 0 Å². The van der Waals surface area contributed by atoms with E-state index in [0.29, 0.717) is 6.04 Å². The molecule has 1 atom stereocenters. The van der Waals surface area contributed by atoms with Crippen LogP contribution in [0.15, 0.2) is 0 Å². The monoisotopic (exact) mass is 349 g/mol. The van der Waals surface area contributed by atoms with E-state index in [1.54, 1.807) is 0 Å². The maximum Gasteiger partial charge on any atom is 0.220 e. The predicted octanol–water partition coefficient (Wildman–Crippen LogP) is 3.27. The molecule has 0 aromatic carbocycles. The summed E-state index contributed by atoms with van der Waals surface area (Å²) in [6.45, 7) is 13.7. The molecule has 2 bridgehead atoms. The summed E-state index contributed by atoms with van der Waals surface area (Å²) >= 11 is 0. The number of nitrogens with zero attached hydrogens (tertiary/aromatic N) is 2. The molecule has 1 spiro atoms. The van der Waals surface area contributed by atoms with Crippen molar-refractivity contribution >= 4 is 5.91 Å². The molecule has 4 nitrogen and oxygen atoms in total. The predicted molar refractivity (Wildman–Crippen MR) is 104 cm³/mol. The Kier molecular flexibility index (Phi) is 6.10. The average Bonchev–Trinajstić information content (AvgIpc) is 2.96. The highest BCUT2D eigenvalue weighted by Crippen LogP contribution is 2.37. The SMILES string of the molecule is CC(C)N1CC2CCC1CC2.CC(C)N1CCC[C@@]2(CNC(=O)C2)C1. The van der Waals surface area contributed by atoms with Crippen molar-refractivity contribution in [3.8, 4) is 0 Å². The van der Waals surface area contributed by atoms with E-state index in [9.17, 15) is 4.79 Å². The summed E-state index contributed by atoms with van der Waals surface area (Å²) in [5.74, 6) is 1.29. The number of piperidine rings is 3. The van der Waals surface area contributed by atoms with Crippen molar-refractivity contribution in [2.24, 2.45) is 11.3 Å². The summed E-state index contributed by atoms with van der Waals surface area (Å²) in [5.41, 5.74) is 0.263. The third-order valence-electron chi connectivity index (χ3n) is 7.03. The van der Waals surface area contributed by atoms with Crippen molar-refractivity contribution in [3.63, 3.8) is 0 Å². The van der Waals surface area contributed by atoms with Gasteiger partial charge in [-0.2, -0.15) is 0 Å². The van der Waals surface area contributed by atoms with Crippen LogP contribution in [0.2, 0.25) is 0 Å². The summed E-state index contributed by atoms with van der Waals surface area (Å²) in [7, 11) is 0. The van der Waals surface area contributed by atoms with E-state index in [4.69, 9.17) is 0 Å². The molecule has 144 valence electrons. The van der Waals surface area contributed by atoms with Crippen LogP contribution in [-0.4, -0.2) is 60.0 Å². The number of carbonyl (C=O) groups is 1. The zero-order valence-electron chi connectivity index (χ0n) is 16.9. The Morgan fingerprint density at radius 3 is 2.24 bits per heavy atom. The fourth-order valence-electron chi connectivity index (χ4n) is 5.47. The Labute approximate surface area is 154 Å². The van der Waals surface area contributed by atoms with Crippen LogP contribution in [0.5, 0.6) is 0 Å². The molecule has 5 rings (SSSR count). The normalized spacial score (nSPS) is 36.0. The fourth-order valence-corrected chi connectivity index (χ4v) is 5.47. The molecule has 1 aliphatic carbocycles. The first kappa shape index (κ1) is 19.2. The van der Waals surface area contributed by atoms with Gasteiger partial charge in [0.05, 0.1) is 0 Å². The molecule has 5 fully saturated rings. The minimum absolute atomic E-state index is 0.246. The van der Waals surface area contributed by atoms with E-state index in [1.165, 1.54) is 51.6 Å². The van der Waals surface area contributed by atoms with Gasteiger partial charge in [0.2, 0.25) is 5.91 Å². The molecule has 4 heteroatoms. The number of nitrogens with one attached hydrogen (secondary N) is 1. The van der Waals surface area contributed by atoms with E-state index in [1.807, 2.05) is 0 Å². The Morgan fingerprint density at radius 1 is 1.08 bits per heavy atom. The lowest BCUT2D eigenvalue weighted by atomic mass is 9.79. The molecule has 0 radical (unpaired) electrons. The summed E-state index contributed by atoms with van der Waals surface area (Å²) in [4.78, 5) is 16.5. The van der Waals surface area contributed by atoms with Crippen molar-refractivity contribution in [2.45, 2.75) is 90.8 Å². The van der Waals surface area contributed by atoms with Gasteiger partial charge in [0.1, 0.15) is 0 Å². The number of hydrogen-bond acceptors (Lipinski definition) is 3. The molecular formula is C21H39N3O. The van der Waals surface area contributed by atoms with Gasteiger partial charge in [-0.05, 0) is 78.7 Å². The average molecular weight is 350 g/mol. The third kappa shape index (κ3) is 4.57. The van der Waals surface area contributed by atoms with E-state index < -0.39 is 0 Å². The first-order valence-corrected chi connectivity index (χ1v) is 10.6. The fraction of sp³-hybridized carbons (Fsp3) is 0.952. The van der Waals surface area contributed by atoms with Gasteiger partial charge in [0.25, 0.3) is 0 Å². The van der Waals surface area contributed by atoms with Gasteiger partial charge < -0.3 is 10.2 Å². The Hall–Kier alpha value is -0.610. The topological polar surface area (TPSA) is 35.6 Å². The second-order valence-electron chi connectivity index (χ2n) is 9.59. The molecule has 25 heavy (non-hydrogen) atoms. The highest BCUT2D eigenvalue weighted by atomic mass is 16.1. The van der Waals surface area contributed by atoms with Crippen molar-refractivity contribution in [1.29, 1.82) is 0 Å². The molecular weight excluding hydrogens is 310 g/mol. The van der Waals surface area contributed by atoms with Gasteiger partial charge in [-0.1, -0.05) is 0 Å². The first-order chi connectivity index (χ1) is 11.9. The van der Waals surface area contributed by atoms with Gasteiger partial charge in [-0.15, -0.1) is 0 Å². The smallest absolute Gasteiger partial charge is 0.220 e. The van der Waals surface area contributed by atoms with Crippen molar-refractivity contribution in [3.05, 3.63) is 0 Å². The van der Waals surface area contributed by atoms with Crippen LogP contribution in [0.25, 0.3) is 0 Å². The molecule has 4 saturated heterocycles. The molecule has 4 heterocycles. The largest absolute Gasteiger partial charge is 0.355 e. The lowest BCUT2D eigenvalue weighted by Crippen LogP contribution is -2.50. The second-order valence-corrected chi connectivity index (χ2v) is 9.59. The van der Waals surface area contributed by atoms with Crippen LogP contribution in [-0.2, 0) is 4.79 Å². The Bertz CT molecular complexity index is 456. The quantitative estimate of drug-likeness (QED) is 0.831. The number of amides is 1. The van der Waals surface area contributed by atoms with Crippen molar-refractivity contribution < 1.29 is 4.79 Å². The zero-order valence-corrected chi connectivity index (χ0v) is 16.9. The lowest BCUT2D eigenvalue weighted by Gasteiger charge is -2.47. The molecule has 0 unspecified atom stereocenters. The summed E-state index contributed by atoms with van der Waals surface area (Å²) in [5, 5.41) is 2.97. The lowest BCUT2D eigenvalue weighted by molar-refractivity contribution is -0.120. The summed E-state index contributed by atoms with van der Waals surface area (Å²) in [6.07, 6.45) is 9.17. The molecule has 0 aromatic rings. The number of carbonyl (C=O) groups excluding carboxylic acids is 1. The van der Waals surface area contributed by atoms with Crippen LogP contribution in [0, 0.1) is 11.3 Å². The van der Waals surface area contributed by atoms with E-state index >= 15 is 0 Å². The van der Waals surface area contributed by atoms with Crippen LogP contribution >= 0.6 is 0 Å². The molecule has 4 aliphatic heterocycles. The molecule has 1 amide bonds. The third-order valence-corrected chi connectivity index (χ3v) is 7.03. The number of likely N-dealkylation sites (tertiary alicyclic amines) is 1. The van der Waals surface area contributed by atoms with Crippen LogP contribution in [0.3, 0.4) is 0 Å². The van der Waals surface area contributed by atoms with Gasteiger partial charge in [0, 0.05) is 49.6 Å². The van der Waals surface area contributed by atoms with Crippen molar-refractivity contribution in [2.75, 3.05) is 26.2 Å². The summed E-state index contributed by atoms with van der Waals surface area (Å²) < 4.78 is 0. The van der Waals surface area contributed by atoms with E-state index in [2.05, 4.69) is 42.8 Å². The zero-order chi connectivity index (χ0) is 18.0. The molecule has 0 aromatic heterocycles. The second kappa shape index (κ2) is 7.96. The van der Waals surface area contributed by atoms with Crippen LogP contribution < -0.4 is 5.32 Å². The molecule has 1 saturated carbocycles. The van der Waals surface area contributed by atoms with E-state index in [0.717, 1.165) is 37.5 Å².